The third kappa shape index (κ3) is 3.58. The number of benzene rings is 1. The van der Waals surface area contributed by atoms with Crippen LogP contribution in [-0.2, 0) is 6.42 Å². The van der Waals surface area contributed by atoms with Crippen LogP contribution in [0.15, 0.2) is 24.3 Å². The van der Waals surface area contributed by atoms with E-state index in [9.17, 15) is 0 Å². The average molecular weight is 278 g/mol. The van der Waals surface area contributed by atoms with Gasteiger partial charge in [-0.3, -0.25) is 0 Å². The maximum absolute atomic E-state index is 5.97. The van der Waals surface area contributed by atoms with Gasteiger partial charge in [-0.25, -0.2) is 4.98 Å². The van der Waals surface area contributed by atoms with Gasteiger partial charge < -0.3 is 10.5 Å². The van der Waals surface area contributed by atoms with E-state index in [4.69, 9.17) is 22.1 Å². The Kier molecular flexibility index (Phi) is 4.22. The van der Waals surface area contributed by atoms with Crippen molar-refractivity contribution in [3.8, 4) is 11.6 Å². The Labute approximate surface area is 117 Å². The van der Waals surface area contributed by atoms with E-state index in [1.54, 1.807) is 18.2 Å². The quantitative estimate of drug-likeness (QED) is 0.924. The molecule has 0 unspecified atom stereocenters. The normalized spacial score (nSPS) is 10.5. The molecule has 0 bridgehead atoms. The van der Waals surface area contributed by atoms with E-state index in [0.717, 1.165) is 18.4 Å². The van der Waals surface area contributed by atoms with Crippen LogP contribution in [0.1, 0.15) is 24.7 Å². The van der Waals surface area contributed by atoms with Gasteiger partial charge in [-0.1, -0.05) is 18.5 Å². The predicted octanol–water partition coefficient (Wildman–Crippen LogP) is 3.77. The summed E-state index contributed by atoms with van der Waals surface area (Å²) in [4.78, 5) is 8.49. The van der Waals surface area contributed by atoms with Gasteiger partial charge >= 0.3 is 0 Å². The van der Waals surface area contributed by atoms with Crippen molar-refractivity contribution >= 4 is 17.4 Å². The summed E-state index contributed by atoms with van der Waals surface area (Å²) in [6.07, 6.45) is 1.74. The van der Waals surface area contributed by atoms with Crippen molar-refractivity contribution in [2.45, 2.75) is 26.7 Å². The van der Waals surface area contributed by atoms with E-state index < -0.39 is 0 Å². The molecule has 0 saturated carbocycles. The molecule has 2 aromatic rings. The third-order valence-electron chi connectivity index (χ3n) is 2.59. The molecule has 1 heterocycles. The minimum atomic E-state index is 0.416. The first-order valence-electron chi connectivity index (χ1n) is 6.16. The molecule has 0 atom stereocenters. The van der Waals surface area contributed by atoms with Crippen molar-refractivity contribution in [2.75, 3.05) is 5.73 Å². The number of halogens is 1. The van der Waals surface area contributed by atoms with E-state index in [0.29, 0.717) is 28.3 Å². The third-order valence-corrected chi connectivity index (χ3v) is 3.02. The summed E-state index contributed by atoms with van der Waals surface area (Å²) in [5.41, 5.74) is 6.70. The predicted molar refractivity (Wildman–Crippen MR) is 76.7 cm³/mol. The average Bonchev–Trinajstić information content (AvgIpc) is 2.33. The molecule has 0 radical (unpaired) electrons. The summed E-state index contributed by atoms with van der Waals surface area (Å²) in [6.45, 7) is 3.99. The van der Waals surface area contributed by atoms with Crippen molar-refractivity contribution in [2.24, 2.45) is 0 Å². The first kappa shape index (κ1) is 13.6. The molecule has 0 fully saturated rings. The van der Waals surface area contributed by atoms with Crippen molar-refractivity contribution < 1.29 is 4.74 Å². The lowest BCUT2D eigenvalue weighted by atomic mass is 10.2. The van der Waals surface area contributed by atoms with Crippen LogP contribution in [0.5, 0.6) is 11.6 Å². The maximum atomic E-state index is 5.97. The molecule has 1 aromatic carbocycles. The molecule has 19 heavy (non-hydrogen) atoms. The second-order valence-corrected chi connectivity index (χ2v) is 4.72. The van der Waals surface area contributed by atoms with Gasteiger partial charge in [0.15, 0.2) is 0 Å². The smallest absolute Gasteiger partial charge is 0.224 e. The lowest BCUT2D eigenvalue weighted by Gasteiger charge is -2.08. The topological polar surface area (TPSA) is 61.0 Å². The van der Waals surface area contributed by atoms with E-state index in [1.807, 2.05) is 13.0 Å². The van der Waals surface area contributed by atoms with E-state index in [1.165, 1.54) is 0 Å². The van der Waals surface area contributed by atoms with Crippen LogP contribution >= 0.6 is 11.6 Å². The molecule has 100 valence electrons. The van der Waals surface area contributed by atoms with Crippen LogP contribution < -0.4 is 10.5 Å². The van der Waals surface area contributed by atoms with Crippen LogP contribution in [-0.4, -0.2) is 9.97 Å². The number of nitrogens with zero attached hydrogens (tertiary/aromatic N) is 2. The standard InChI is InChI=1S/C14H16ClN3O/c1-3-4-13-17-12(16)8-14(18-13)19-10-5-6-11(15)9(2)7-10/h5-8H,3-4H2,1-2H3,(H2,16,17,18). The molecule has 4 nitrogen and oxygen atoms in total. The number of hydrogen-bond acceptors (Lipinski definition) is 4. The van der Waals surface area contributed by atoms with Gasteiger partial charge in [0.1, 0.15) is 17.4 Å². The summed E-state index contributed by atoms with van der Waals surface area (Å²) in [5, 5.41) is 0.709. The zero-order valence-electron chi connectivity index (χ0n) is 11.0. The van der Waals surface area contributed by atoms with Crippen molar-refractivity contribution in [1.82, 2.24) is 9.97 Å². The number of aromatic nitrogens is 2. The molecular weight excluding hydrogens is 262 g/mol. The zero-order chi connectivity index (χ0) is 13.8. The molecule has 1 aromatic heterocycles. The molecule has 0 aliphatic heterocycles. The summed E-state index contributed by atoms with van der Waals surface area (Å²) in [5.74, 6) is 2.25. The van der Waals surface area contributed by atoms with E-state index in [2.05, 4.69) is 16.9 Å². The van der Waals surface area contributed by atoms with Crippen molar-refractivity contribution in [3.63, 3.8) is 0 Å². The Hall–Kier alpha value is -1.81. The van der Waals surface area contributed by atoms with E-state index >= 15 is 0 Å². The molecule has 0 saturated heterocycles. The monoisotopic (exact) mass is 277 g/mol. The summed E-state index contributed by atoms with van der Waals surface area (Å²) in [7, 11) is 0. The Bertz CT molecular complexity index is 587. The molecule has 5 heteroatoms. The van der Waals surface area contributed by atoms with Crippen LogP contribution in [0.3, 0.4) is 0 Å². The minimum Gasteiger partial charge on any atom is -0.439 e. The Morgan fingerprint density at radius 3 is 2.74 bits per heavy atom. The second kappa shape index (κ2) is 5.89. The van der Waals surface area contributed by atoms with Gasteiger partial charge in [0.25, 0.3) is 0 Å². The molecule has 2 rings (SSSR count). The number of rotatable bonds is 4. The maximum Gasteiger partial charge on any atom is 0.224 e. The van der Waals surface area contributed by atoms with Crippen LogP contribution in [0.4, 0.5) is 5.82 Å². The zero-order valence-corrected chi connectivity index (χ0v) is 11.7. The van der Waals surface area contributed by atoms with Gasteiger partial charge in [0.05, 0.1) is 0 Å². The molecule has 2 N–H and O–H groups in total. The van der Waals surface area contributed by atoms with Gasteiger partial charge in [0, 0.05) is 17.5 Å². The second-order valence-electron chi connectivity index (χ2n) is 4.31. The van der Waals surface area contributed by atoms with Crippen molar-refractivity contribution in [3.05, 3.63) is 40.7 Å². The summed E-state index contributed by atoms with van der Waals surface area (Å²) < 4.78 is 5.69. The number of nitrogens with two attached hydrogens (primary N) is 1. The molecular formula is C14H16ClN3O. The van der Waals surface area contributed by atoms with Gasteiger partial charge in [0.2, 0.25) is 5.88 Å². The van der Waals surface area contributed by atoms with E-state index in [-0.39, 0.29) is 0 Å². The summed E-state index contributed by atoms with van der Waals surface area (Å²) in [6, 6.07) is 7.07. The van der Waals surface area contributed by atoms with Gasteiger partial charge in [-0.05, 0) is 37.1 Å². The lowest BCUT2D eigenvalue weighted by Crippen LogP contribution is -2.01. The first-order valence-corrected chi connectivity index (χ1v) is 6.53. The number of aryl methyl sites for hydroxylation is 2. The van der Waals surface area contributed by atoms with Crippen LogP contribution in [0.2, 0.25) is 5.02 Å². The van der Waals surface area contributed by atoms with Crippen LogP contribution in [0.25, 0.3) is 0 Å². The summed E-state index contributed by atoms with van der Waals surface area (Å²) >= 11 is 5.97. The molecule has 0 aliphatic carbocycles. The number of nitrogen functional groups attached to an aromatic ring is 1. The highest BCUT2D eigenvalue weighted by Gasteiger charge is 2.05. The SMILES string of the molecule is CCCc1nc(N)cc(Oc2ccc(Cl)c(C)c2)n1. The highest BCUT2D eigenvalue weighted by Crippen LogP contribution is 2.25. The fourth-order valence-corrected chi connectivity index (χ4v) is 1.80. The Balaban J connectivity index is 2.24. The fourth-order valence-electron chi connectivity index (χ4n) is 1.68. The highest BCUT2D eigenvalue weighted by atomic mass is 35.5. The Morgan fingerprint density at radius 2 is 2.05 bits per heavy atom. The molecule has 0 spiro atoms. The number of hydrogen-bond donors (Lipinski definition) is 1. The van der Waals surface area contributed by atoms with Gasteiger partial charge in [-0.15, -0.1) is 0 Å². The molecule has 0 amide bonds. The number of anilines is 1. The Morgan fingerprint density at radius 1 is 1.26 bits per heavy atom. The molecule has 0 aliphatic rings. The first-order chi connectivity index (χ1) is 9.08. The minimum absolute atomic E-state index is 0.416. The number of ether oxygens (including phenoxy) is 1. The van der Waals surface area contributed by atoms with Gasteiger partial charge in [-0.2, -0.15) is 4.98 Å². The highest BCUT2D eigenvalue weighted by molar-refractivity contribution is 6.31. The van der Waals surface area contributed by atoms with Crippen LogP contribution in [0, 0.1) is 6.92 Å². The lowest BCUT2D eigenvalue weighted by molar-refractivity contribution is 0.458. The fraction of sp³-hybridized carbons (Fsp3) is 0.286. The largest absolute Gasteiger partial charge is 0.439 e. The van der Waals surface area contributed by atoms with Crippen molar-refractivity contribution in [1.29, 1.82) is 0 Å².